The van der Waals surface area contributed by atoms with E-state index in [4.69, 9.17) is 5.11 Å². The first kappa shape index (κ1) is 12.5. The van der Waals surface area contributed by atoms with Crippen LogP contribution >= 0.6 is 0 Å². The third-order valence-corrected chi connectivity index (χ3v) is 2.75. The molecule has 94 valence electrons. The van der Waals surface area contributed by atoms with Gasteiger partial charge in [-0.15, -0.1) is 0 Å². The molecular formula is C14H16N2O2. The van der Waals surface area contributed by atoms with Gasteiger partial charge in [0, 0.05) is 12.6 Å². The number of aliphatic hydroxyl groups is 1. The number of aliphatic hydroxyl groups excluding tert-OH is 1. The number of hydrogen-bond donors (Lipinski definition) is 2. The third-order valence-electron chi connectivity index (χ3n) is 2.75. The number of aryl methyl sites for hydroxylation is 2. The van der Waals surface area contributed by atoms with Crippen molar-refractivity contribution in [3.8, 4) is 0 Å². The van der Waals surface area contributed by atoms with Crippen LogP contribution in [-0.2, 0) is 13.0 Å². The fourth-order valence-corrected chi connectivity index (χ4v) is 2.02. The molecule has 0 atom stereocenters. The first-order chi connectivity index (χ1) is 8.58. The molecule has 0 aliphatic carbocycles. The van der Waals surface area contributed by atoms with E-state index in [0.29, 0.717) is 17.8 Å². The number of H-pyrrole nitrogens is 1. The summed E-state index contributed by atoms with van der Waals surface area (Å²) in [7, 11) is 0. The molecular weight excluding hydrogens is 228 g/mol. The van der Waals surface area contributed by atoms with Crippen LogP contribution in [0.4, 0.5) is 0 Å². The molecule has 0 radical (unpaired) electrons. The van der Waals surface area contributed by atoms with Gasteiger partial charge >= 0.3 is 0 Å². The lowest BCUT2D eigenvalue weighted by molar-refractivity contribution is 0.279. The van der Waals surface area contributed by atoms with E-state index < -0.39 is 0 Å². The topological polar surface area (TPSA) is 66.0 Å². The summed E-state index contributed by atoms with van der Waals surface area (Å²) in [4.78, 5) is 18.4. The van der Waals surface area contributed by atoms with Gasteiger partial charge in [0.05, 0.1) is 12.2 Å². The zero-order chi connectivity index (χ0) is 13.1. The molecule has 2 aromatic rings. The molecule has 1 aromatic carbocycles. The summed E-state index contributed by atoms with van der Waals surface area (Å²) < 4.78 is 0. The van der Waals surface area contributed by atoms with Gasteiger partial charge in [-0.1, -0.05) is 29.3 Å². The predicted molar refractivity (Wildman–Crippen MR) is 69.5 cm³/mol. The van der Waals surface area contributed by atoms with Gasteiger partial charge in [0.15, 0.2) is 0 Å². The van der Waals surface area contributed by atoms with Crippen LogP contribution in [0.5, 0.6) is 0 Å². The summed E-state index contributed by atoms with van der Waals surface area (Å²) in [6, 6.07) is 6.26. The van der Waals surface area contributed by atoms with Crippen molar-refractivity contribution in [2.24, 2.45) is 0 Å². The lowest BCUT2D eigenvalue weighted by Crippen LogP contribution is -2.16. The molecule has 2 N–H and O–H groups in total. The molecule has 4 heteroatoms. The van der Waals surface area contributed by atoms with E-state index in [2.05, 4.69) is 28.2 Å². The van der Waals surface area contributed by atoms with Gasteiger partial charge in [0.1, 0.15) is 5.82 Å². The molecule has 0 spiro atoms. The maximum atomic E-state index is 11.5. The first-order valence-corrected chi connectivity index (χ1v) is 5.83. The molecule has 0 amide bonds. The Balaban J connectivity index is 2.28. The minimum Gasteiger partial charge on any atom is -0.391 e. The van der Waals surface area contributed by atoms with Crippen LogP contribution in [0.15, 0.2) is 29.2 Å². The first-order valence-electron chi connectivity index (χ1n) is 5.83. The number of rotatable bonds is 3. The summed E-state index contributed by atoms with van der Waals surface area (Å²) >= 11 is 0. The average molecular weight is 244 g/mol. The van der Waals surface area contributed by atoms with Gasteiger partial charge in [-0.05, 0) is 19.4 Å². The highest BCUT2D eigenvalue weighted by molar-refractivity contribution is 5.30. The summed E-state index contributed by atoms with van der Waals surface area (Å²) in [5, 5.41) is 8.91. The van der Waals surface area contributed by atoms with E-state index in [-0.39, 0.29) is 12.2 Å². The molecule has 18 heavy (non-hydrogen) atoms. The Labute approximate surface area is 105 Å². The Morgan fingerprint density at radius 2 is 1.89 bits per heavy atom. The van der Waals surface area contributed by atoms with Crippen molar-refractivity contribution in [1.82, 2.24) is 9.97 Å². The second-order valence-corrected chi connectivity index (χ2v) is 4.52. The van der Waals surface area contributed by atoms with Crippen molar-refractivity contribution in [1.29, 1.82) is 0 Å². The minimum absolute atomic E-state index is 0.271. The molecule has 0 bridgehead atoms. The van der Waals surface area contributed by atoms with Crippen LogP contribution < -0.4 is 5.56 Å². The fourth-order valence-electron chi connectivity index (χ4n) is 2.02. The Morgan fingerprint density at radius 3 is 2.44 bits per heavy atom. The number of nitrogens with zero attached hydrogens (tertiary/aromatic N) is 1. The van der Waals surface area contributed by atoms with Gasteiger partial charge in [0.25, 0.3) is 5.56 Å². The maximum absolute atomic E-state index is 11.5. The van der Waals surface area contributed by atoms with Crippen LogP contribution in [0.3, 0.4) is 0 Å². The standard InChI is InChI=1S/C14H16N2O2/c1-9-3-10(2)5-11(4-9)6-13-15-7-12(8-17)14(18)16-13/h3-5,7,17H,6,8H2,1-2H3,(H,15,16,18). The highest BCUT2D eigenvalue weighted by atomic mass is 16.3. The molecule has 2 rings (SSSR count). The van der Waals surface area contributed by atoms with Crippen molar-refractivity contribution >= 4 is 0 Å². The van der Waals surface area contributed by atoms with Crippen LogP contribution in [-0.4, -0.2) is 15.1 Å². The van der Waals surface area contributed by atoms with Gasteiger partial charge in [-0.3, -0.25) is 4.79 Å². The van der Waals surface area contributed by atoms with E-state index in [1.54, 1.807) is 0 Å². The number of benzene rings is 1. The average Bonchev–Trinajstić information content (AvgIpc) is 2.27. The SMILES string of the molecule is Cc1cc(C)cc(Cc2ncc(CO)c(=O)[nH]2)c1. The fraction of sp³-hybridized carbons (Fsp3) is 0.286. The summed E-state index contributed by atoms with van der Waals surface area (Å²) in [6.07, 6.45) is 2.01. The van der Waals surface area contributed by atoms with Crippen molar-refractivity contribution in [3.63, 3.8) is 0 Å². The van der Waals surface area contributed by atoms with Gasteiger partial charge in [-0.2, -0.15) is 0 Å². The van der Waals surface area contributed by atoms with Crippen molar-refractivity contribution in [2.45, 2.75) is 26.9 Å². The number of nitrogens with one attached hydrogen (secondary N) is 1. The molecule has 1 aromatic heterocycles. The predicted octanol–water partition coefficient (Wildman–Crippen LogP) is 1.47. The Morgan fingerprint density at radius 1 is 1.22 bits per heavy atom. The lowest BCUT2D eigenvalue weighted by Gasteiger charge is -2.05. The Hall–Kier alpha value is -1.94. The Kier molecular flexibility index (Phi) is 3.58. The zero-order valence-electron chi connectivity index (χ0n) is 10.5. The Bertz CT molecular complexity index is 597. The third kappa shape index (κ3) is 2.84. The quantitative estimate of drug-likeness (QED) is 0.859. The number of aromatic amines is 1. The smallest absolute Gasteiger partial charge is 0.256 e. The van der Waals surface area contributed by atoms with Crippen molar-refractivity contribution in [2.75, 3.05) is 0 Å². The van der Waals surface area contributed by atoms with E-state index in [1.807, 2.05) is 13.8 Å². The highest BCUT2D eigenvalue weighted by Gasteiger charge is 2.03. The normalized spacial score (nSPS) is 10.6. The molecule has 0 aliphatic heterocycles. The lowest BCUT2D eigenvalue weighted by atomic mass is 10.0. The molecule has 0 saturated carbocycles. The molecule has 4 nitrogen and oxygen atoms in total. The number of hydrogen-bond acceptors (Lipinski definition) is 3. The van der Waals surface area contributed by atoms with Crippen LogP contribution in [0.25, 0.3) is 0 Å². The zero-order valence-corrected chi connectivity index (χ0v) is 10.5. The van der Waals surface area contributed by atoms with E-state index in [9.17, 15) is 4.79 Å². The molecule has 0 fully saturated rings. The maximum Gasteiger partial charge on any atom is 0.256 e. The summed E-state index contributed by atoms with van der Waals surface area (Å²) in [5.74, 6) is 0.613. The van der Waals surface area contributed by atoms with Gasteiger partial charge in [0.2, 0.25) is 0 Å². The van der Waals surface area contributed by atoms with Gasteiger partial charge < -0.3 is 10.1 Å². The second kappa shape index (κ2) is 5.14. The second-order valence-electron chi connectivity index (χ2n) is 4.52. The van der Waals surface area contributed by atoms with Crippen molar-refractivity contribution in [3.05, 3.63) is 62.8 Å². The molecule has 1 heterocycles. The van der Waals surface area contributed by atoms with E-state index in [0.717, 1.165) is 5.56 Å². The van der Waals surface area contributed by atoms with Crippen LogP contribution in [0, 0.1) is 13.8 Å². The van der Waals surface area contributed by atoms with E-state index in [1.165, 1.54) is 17.3 Å². The monoisotopic (exact) mass is 244 g/mol. The summed E-state index contributed by atoms with van der Waals surface area (Å²) in [5.41, 5.74) is 3.53. The molecule has 0 unspecified atom stereocenters. The molecule has 0 saturated heterocycles. The molecule has 0 aliphatic rings. The minimum atomic E-state index is -0.286. The number of aromatic nitrogens is 2. The highest BCUT2D eigenvalue weighted by Crippen LogP contribution is 2.11. The van der Waals surface area contributed by atoms with Crippen LogP contribution in [0.2, 0.25) is 0 Å². The summed E-state index contributed by atoms with van der Waals surface area (Å²) in [6.45, 7) is 3.80. The van der Waals surface area contributed by atoms with Crippen molar-refractivity contribution < 1.29 is 5.11 Å². The largest absolute Gasteiger partial charge is 0.391 e. The van der Waals surface area contributed by atoms with E-state index >= 15 is 0 Å². The van der Waals surface area contributed by atoms with Crippen LogP contribution in [0.1, 0.15) is 28.1 Å². The van der Waals surface area contributed by atoms with Gasteiger partial charge in [-0.25, -0.2) is 4.98 Å².